The van der Waals surface area contributed by atoms with Crippen molar-refractivity contribution in [3.05, 3.63) is 29.8 Å². The first-order chi connectivity index (χ1) is 8.11. The van der Waals surface area contributed by atoms with Gasteiger partial charge in [-0.25, -0.2) is 0 Å². The van der Waals surface area contributed by atoms with Gasteiger partial charge in [0.1, 0.15) is 5.75 Å². The number of hydrogen-bond acceptors (Lipinski definition) is 4. The third-order valence-electron chi connectivity index (χ3n) is 2.42. The van der Waals surface area contributed by atoms with E-state index in [0.29, 0.717) is 13.1 Å². The minimum absolute atomic E-state index is 0.337. The molecule has 0 aliphatic carbocycles. The van der Waals surface area contributed by atoms with E-state index in [-0.39, 0.29) is 6.10 Å². The molecule has 1 rings (SSSR count). The van der Waals surface area contributed by atoms with Gasteiger partial charge < -0.3 is 20.1 Å². The van der Waals surface area contributed by atoms with Gasteiger partial charge >= 0.3 is 0 Å². The van der Waals surface area contributed by atoms with Crippen molar-refractivity contribution < 1.29 is 9.84 Å². The SMILES string of the molecule is COc1cccc(CNCC(O)CN(C)C)c1. The van der Waals surface area contributed by atoms with E-state index < -0.39 is 0 Å². The molecule has 1 atom stereocenters. The molecule has 0 saturated heterocycles. The zero-order valence-electron chi connectivity index (χ0n) is 10.8. The van der Waals surface area contributed by atoms with Crippen LogP contribution in [0.4, 0.5) is 0 Å². The lowest BCUT2D eigenvalue weighted by Gasteiger charge is -2.16. The van der Waals surface area contributed by atoms with Crippen LogP contribution in [0, 0.1) is 0 Å². The molecule has 1 aromatic carbocycles. The normalized spacial score (nSPS) is 12.8. The van der Waals surface area contributed by atoms with Crippen LogP contribution in [0.15, 0.2) is 24.3 Å². The van der Waals surface area contributed by atoms with E-state index in [1.165, 1.54) is 0 Å². The molecule has 0 spiro atoms. The Kier molecular flexibility index (Phi) is 5.97. The molecule has 0 aliphatic heterocycles. The van der Waals surface area contributed by atoms with Crippen molar-refractivity contribution in [3.8, 4) is 5.75 Å². The average molecular weight is 238 g/mol. The highest BCUT2D eigenvalue weighted by molar-refractivity contribution is 5.28. The molecule has 96 valence electrons. The van der Waals surface area contributed by atoms with Crippen LogP contribution in [-0.2, 0) is 6.54 Å². The van der Waals surface area contributed by atoms with Gasteiger partial charge in [-0.15, -0.1) is 0 Å². The van der Waals surface area contributed by atoms with Gasteiger partial charge in [0.05, 0.1) is 13.2 Å². The van der Waals surface area contributed by atoms with Crippen molar-refractivity contribution in [3.63, 3.8) is 0 Å². The lowest BCUT2D eigenvalue weighted by molar-refractivity contribution is 0.134. The summed E-state index contributed by atoms with van der Waals surface area (Å²) < 4.78 is 5.15. The van der Waals surface area contributed by atoms with Gasteiger partial charge in [0, 0.05) is 19.6 Å². The second-order valence-electron chi connectivity index (χ2n) is 4.40. The van der Waals surface area contributed by atoms with E-state index in [1.54, 1.807) is 7.11 Å². The molecule has 0 aromatic heterocycles. The average Bonchev–Trinajstić information content (AvgIpc) is 2.28. The van der Waals surface area contributed by atoms with E-state index in [4.69, 9.17) is 4.74 Å². The Hall–Kier alpha value is -1.10. The maximum atomic E-state index is 9.67. The fourth-order valence-electron chi connectivity index (χ4n) is 1.65. The summed E-state index contributed by atoms with van der Waals surface area (Å²) in [5.41, 5.74) is 1.15. The van der Waals surface area contributed by atoms with Crippen LogP contribution in [-0.4, -0.2) is 50.4 Å². The first-order valence-electron chi connectivity index (χ1n) is 5.78. The van der Waals surface area contributed by atoms with Crippen molar-refractivity contribution in [2.24, 2.45) is 0 Å². The summed E-state index contributed by atoms with van der Waals surface area (Å²) in [6.45, 7) is 2.00. The lowest BCUT2D eigenvalue weighted by Crippen LogP contribution is -2.34. The molecular formula is C13H22N2O2. The Labute approximate surface area is 103 Å². The molecule has 17 heavy (non-hydrogen) atoms. The topological polar surface area (TPSA) is 44.7 Å². The fourth-order valence-corrected chi connectivity index (χ4v) is 1.65. The second-order valence-corrected chi connectivity index (χ2v) is 4.40. The Morgan fingerprint density at radius 1 is 1.41 bits per heavy atom. The zero-order chi connectivity index (χ0) is 12.7. The van der Waals surface area contributed by atoms with Crippen molar-refractivity contribution in [1.82, 2.24) is 10.2 Å². The summed E-state index contributed by atoms with van der Waals surface area (Å²) in [6.07, 6.45) is -0.337. The Balaban J connectivity index is 2.30. The summed E-state index contributed by atoms with van der Waals surface area (Å²) >= 11 is 0. The van der Waals surface area contributed by atoms with E-state index in [2.05, 4.69) is 5.32 Å². The number of likely N-dealkylation sites (N-methyl/N-ethyl adjacent to an activating group) is 1. The number of benzene rings is 1. The van der Waals surface area contributed by atoms with E-state index >= 15 is 0 Å². The van der Waals surface area contributed by atoms with Crippen molar-refractivity contribution in [2.45, 2.75) is 12.6 Å². The fraction of sp³-hybridized carbons (Fsp3) is 0.538. The number of aliphatic hydroxyl groups excluding tert-OH is 1. The van der Waals surface area contributed by atoms with Gasteiger partial charge in [0.25, 0.3) is 0 Å². The lowest BCUT2D eigenvalue weighted by atomic mass is 10.2. The summed E-state index contributed by atoms with van der Waals surface area (Å²) in [5.74, 6) is 0.859. The molecule has 2 N–H and O–H groups in total. The monoisotopic (exact) mass is 238 g/mol. The predicted molar refractivity (Wildman–Crippen MR) is 69.3 cm³/mol. The number of methoxy groups -OCH3 is 1. The highest BCUT2D eigenvalue weighted by Gasteiger charge is 2.04. The van der Waals surface area contributed by atoms with Crippen molar-refractivity contribution in [2.75, 3.05) is 34.3 Å². The quantitative estimate of drug-likeness (QED) is 0.734. The molecule has 0 aliphatic rings. The van der Waals surface area contributed by atoms with Crippen LogP contribution in [0.25, 0.3) is 0 Å². The van der Waals surface area contributed by atoms with Crippen LogP contribution >= 0.6 is 0 Å². The maximum Gasteiger partial charge on any atom is 0.119 e. The summed E-state index contributed by atoms with van der Waals surface area (Å²) in [6, 6.07) is 7.91. The summed E-state index contributed by atoms with van der Waals surface area (Å²) in [7, 11) is 5.56. The number of nitrogens with one attached hydrogen (secondary N) is 1. The first kappa shape index (κ1) is 14.0. The van der Waals surface area contributed by atoms with E-state index in [9.17, 15) is 5.11 Å². The number of ether oxygens (including phenoxy) is 1. The third kappa shape index (κ3) is 5.68. The van der Waals surface area contributed by atoms with Crippen LogP contribution in [0.5, 0.6) is 5.75 Å². The minimum atomic E-state index is -0.337. The van der Waals surface area contributed by atoms with Crippen molar-refractivity contribution >= 4 is 0 Å². The maximum absolute atomic E-state index is 9.67. The molecule has 0 heterocycles. The molecule has 1 aromatic rings. The Morgan fingerprint density at radius 2 is 2.18 bits per heavy atom. The predicted octanol–water partition coefficient (Wildman–Crippen LogP) is 0.707. The smallest absolute Gasteiger partial charge is 0.119 e. The molecule has 0 fully saturated rings. The molecule has 0 radical (unpaired) electrons. The standard InChI is InChI=1S/C13H22N2O2/c1-15(2)10-12(16)9-14-8-11-5-4-6-13(7-11)17-3/h4-7,12,14,16H,8-10H2,1-3H3. The largest absolute Gasteiger partial charge is 0.497 e. The van der Waals surface area contributed by atoms with Gasteiger partial charge in [-0.05, 0) is 31.8 Å². The number of aliphatic hydroxyl groups is 1. The van der Waals surface area contributed by atoms with Gasteiger partial charge in [-0.1, -0.05) is 12.1 Å². The van der Waals surface area contributed by atoms with Gasteiger partial charge in [0.15, 0.2) is 0 Å². The van der Waals surface area contributed by atoms with Crippen LogP contribution in [0.1, 0.15) is 5.56 Å². The molecule has 1 unspecified atom stereocenters. The van der Waals surface area contributed by atoms with Crippen molar-refractivity contribution in [1.29, 1.82) is 0 Å². The Bertz CT molecular complexity index is 329. The number of nitrogens with zero attached hydrogens (tertiary/aromatic N) is 1. The van der Waals surface area contributed by atoms with Crippen LogP contribution in [0.2, 0.25) is 0 Å². The van der Waals surface area contributed by atoms with Gasteiger partial charge in [-0.2, -0.15) is 0 Å². The second kappa shape index (κ2) is 7.27. The molecule has 4 heteroatoms. The molecule has 4 nitrogen and oxygen atoms in total. The van der Waals surface area contributed by atoms with Crippen LogP contribution in [0.3, 0.4) is 0 Å². The van der Waals surface area contributed by atoms with Gasteiger partial charge in [0.2, 0.25) is 0 Å². The Morgan fingerprint density at radius 3 is 2.82 bits per heavy atom. The summed E-state index contributed by atoms with van der Waals surface area (Å²) in [4.78, 5) is 1.97. The summed E-state index contributed by atoms with van der Waals surface area (Å²) in [5, 5.41) is 12.9. The minimum Gasteiger partial charge on any atom is -0.497 e. The molecule has 0 amide bonds. The van der Waals surface area contributed by atoms with Crippen LogP contribution < -0.4 is 10.1 Å². The number of hydrogen-bond donors (Lipinski definition) is 2. The molecule has 0 saturated carbocycles. The molecule has 0 bridgehead atoms. The molecular weight excluding hydrogens is 216 g/mol. The van der Waals surface area contributed by atoms with E-state index in [0.717, 1.165) is 17.9 Å². The van der Waals surface area contributed by atoms with Gasteiger partial charge in [-0.3, -0.25) is 0 Å². The highest BCUT2D eigenvalue weighted by Crippen LogP contribution is 2.11. The zero-order valence-corrected chi connectivity index (χ0v) is 10.8. The highest BCUT2D eigenvalue weighted by atomic mass is 16.5. The first-order valence-corrected chi connectivity index (χ1v) is 5.78. The number of rotatable bonds is 7. The van der Waals surface area contributed by atoms with E-state index in [1.807, 2.05) is 43.3 Å². The third-order valence-corrected chi connectivity index (χ3v) is 2.42.